The molecule has 19 heavy (non-hydrogen) atoms. The van der Waals surface area contributed by atoms with Crippen molar-refractivity contribution in [3.8, 4) is 0 Å². The Morgan fingerprint density at radius 2 is 2.26 bits per heavy atom. The van der Waals surface area contributed by atoms with Gasteiger partial charge in [0.2, 0.25) is 0 Å². The number of nitrogens with zero attached hydrogens (tertiary/aromatic N) is 2. The van der Waals surface area contributed by atoms with Gasteiger partial charge in [-0.3, -0.25) is 0 Å². The van der Waals surface area contributed by atoms with E-state index in [-0.39, 0.29) is 12.6 Å². The van der Waals surface area contributed by atoms with Crippen LogP contribution in [0.25, 0.3) is 0 Å². The van der Waals surface area contributed by atoms with Gasteiger partial charge < -0.3 is 15.0 Å². The molecule has 0 amide bonds. The lowest BCUT2D eigenvalue weighted by Crippen LogP contribution is -2.11. The molecule has 0 saturated carbocycles. The lowest BCUT2D eigenvalue weighted by Gasteiger charge is -2.15. The standard InChI is InChI=1S/C15H21N3O/c1-12(15-16-8-9-18(15)2)17-14-7-3-5-13(11-14)6-4-10-19/h3,5,7-9,11-12,17,19H,4,6,10H2,1-2H3. The lowest BCUT2D eigenvalue weighted by molar-refractivity contribution is 0.288. The van der Waals surface area contributed by atoms with E-state index in [0.29, 0.717) is 0 Å². The van der Waals surface area contributed by atoms with E-state index in [0.717, 1.165) is 24.4 Å². The maximum absolute atomic E-state index is 8.87. The van der Waals surface area contributed by atoms with Gasteiger partial charge in [-0.05, 0) is 37.5 Å². The maximum atomic E-state index is 8.87. The van der Waals surface area contributed by atoms with Crippen molar-refractivity contribution in [2.24, 2.45) is 7.05 Å². The molecule has 1 aromatic heterocycles. The number of hydrogen-bond donors (Lipinski definition) is 2. The van der Waals surface area contributed by atoms with Gasteiger partial charge in [0.25, 0.3) is 0 Å². The van der Waals surface area contributed by atoms with Gasteiger partial charge in [-0.25, -0.2) is 4.98 Å². The van der Waals surface area contributed by atoms with E-state index in [9.17, 15) is 0 Å². The van der Waals surface area contributed by atoms with Crippen molar-refractivity contribution in [3.05, 3.63) is 48.0 Å². The van der Waals surface area contributed by atoms with Crippen LogP contribution in [-0.4, -0.2) is 21.3 Å². The molecule has 0 bridgehead atoms. The molecule has 1 heterocycles. The number of anilines is 1. The van der Waals surface area contributed by atoms with Crippen molar-refractivity contribution >= 4 is 5.69 Å². The summed E-state index contributed by atoms with van der Waals surface area (Å²) in [5.74, 6) is 1.01. The third kappa shape index (κ3) is 3.58. The smallest absolute Gasteiger partial charge is 0.130 e. The van der Waals surface area contributed by atoms with E-state index < -0.39 is 0 Å². The van der Waals surface area contributed by atoms with Crippen LogP contribution >= 0.6 is 0 Å². The summed E-state index contributed by atoms with van der Waals surface area (Å²) in [5.41, 5.74) is 2.33. The van der Waals surface area contributed by atoms with Crippen molar-refractivity contribution in [2.45, 2.75) is 25.8 Å². The molecule has 102 valence electrons. The highest BCUT2D eigenvalue weighted by Gasteiger charge is 2.09. The number of imidazole rings is 1. The minimum atomic E-state index is 0.160. The number of nitrogens with one attached hydrogen (secondary N) is 1. The van der Waals surface area contributed by atoms with Gasteiger partial charge in [-0.2, -0.15) is 0 Å². The summed E-state index contributed by atoms with van der Waals surface area (Å²) in [6.07, 6.45) is 5.47. The van der Waals surface area contributed by atoms with E-state index >= 15 is 0 Å². The monoisotopic (exact) mass is 259 g/mol. The Kier molecular flexibility index (Phi) is 4.58. The number of rotatable bonds is 6. The van der Waals surface area contributed by atoms with Crippen LogP contribution in [0.15, 0.2) is 36.7 Å². The molecule has 2 rings (SSSR count). The number of aliphatic hydroxyl groups is 1. The molecule has 0 aliphatic carbocycles. The Labute approximate surface area is 114 Å². The molecule has 0 spiro atoms. The molecule has 4 heteroatoms. The van der Waals surface area contributed by atoms with Gasteiger partial charge in [-0.15, -0.1) is 0 Å². The van der Waals surface area contributed by atoms with Crippen LogP contribution in [0, 0.1) is 0 Å². The quantitative estimate of drug-likeness (QED) is 0.838. The summed E-state index contributed by atoms with van der Waals surface area (Å²) in [6.45, 7) is 2.34. The molecule has 2 aromatic rings. The predicted molar refractivity (Wildman–Crippen MR) is 77.1 cm³/mol. The van der Waals surface area contributed by atoms with Gasteiger partial charge in [0.15, 0.2) is 0 Å². The largest absolute Gasteiger partial charge is 0.396 e. The van der Waals surface area contributed by atoms with Crippen LogP contribution in [0.4, 0.5) is 5.69 Å². The molecule has 1 atom stereocenters. The summed E-state index contributed by atoms with van der Waals surface area (Å²) < 4.78 is 2.02. The van der Waals surface area contributed by atoms with Gasteiger partial charge in [0.05, 0.1) is 6.04 Å². The summed E-state index contributed by atoms with van der Waals surface area (Å²) in [4.78, 5) is 4.35. The molecular weight excluding hydrogens is 238 g/mol. The first-order chi connectivity index (χ1) is 9.20. The number of aromatic nitrogens is 2. The first-order valence-electron chi connectivity index (χ1n) is 6.64. The zero-order chi connectivity index (χ0) is 13.7. The molecule has 1 aromatic carbocycles. The second kappa shape index (κ2) is 6.38. The normalized spacial score (nSPS) is 12.4. The lowest BCUT2D eigenvalue weighted by atomic mass is 10.1. The fraction of sp³-hybridized carbons (Fsp3) is 0.400. The Morgan fingerprint density at radius 1 is 1.42 bits per heavy atom. The summed E-state index contributed by atoms with van der Waals surface area (Å²) in [5, 5.41) is 12.3. The molecule has 4 nitrogen and oxygen atoms in total. The third-order valence-corrected chi connectivity index (χ3v) is 3.18. The topological polar surface area (TPSA) is 50.1 Å². The molecule has 0 radical (unpaired) electrons. The van der Waals surface area contributed by atoms with Crippen molar-refractivity contribution < 1.29 is 5.11 Å². The fourth-order valence-corrected chi connectivity index (χ4v) is 2.21. The number of benzene rings is 1. The van der Waals surface area contributed by atoms with Crippen LogP contribution in [0.3, 0.4) is 0 Å². The second-order valence-electron chi connectivity index (χ2n) is 4.79. The Morgan fingerprint density at radius 3 is 2.95 bits per heavy atom. The van der Waals surface area contributed by atoms with Gasteiger partial charge >= 0.3 is 0 Å². The van der Waals surface area contributed by atoms with Crippen molar-refractivity contribution in [1.29, 1.82) is 0 Å². The van der Waals surface area contributed by atoms with Gasteiger partial charge in [0, 0.05) is 31.7 Å². The number of hydrogen-bond acceptors (Lipinski definition) is 3. The first-order valence-corrected chi connectivity index (χ1v) is 6.64. The molecule has 1 unspecified atom stereocenters. The first kappa shape index (κ1) is 13.6. The molecule has 0 saturated heterocycles. The van der Waals surface area contributed by atoms with Crippen molar-refractivity contribution in [1.82, 2.24) is 9.55 Å². The van der Waals surface area contributed by atoms with Crippen LogP contribution < -0.4 is 5.32 Å². The van der Waals surface area contributed by atoms with E-state index in [1.807, 2.05) is 30.1 Å². The van der Waals surface area contributed by atoms with Crippen LogP contribution in [-0.2, 0) is 13.5 Å². The molecule has 0 fully saturated rings. The van der Waals surface area contributed by atoms with Crippen LogP contribution in [0.1, 0.15) is 30.8 Å². The maximum Gasteiger partial charge on any atom is 0.130 e. The highest BCUT2D eigenvalue weighted by atomic mass is 16.2. The van der Waals surface area contributed by atoms with Gasteiger partial charge in [-0.1, -0.05) is 12.1 Å². The second-order valence-corrected chi connectivity index (χ2v) is 4.79. The average molecular weight is 259 g/mol. The fourth-order valence-electron chi connectivity index (χ4n) is 2.21. The summed E-state index contributed by atoms with van der Waals surface area (Å²) in [6, 6.07) is 8.48. The SMILES string of the molecule is CC(Nc1cccc(CCCO)c1)c1nccn1C. The number of aryl methyl sites for hydroxylation is 2. The van der Waals surface area contributed by atoms with Gasteiger partial charge in [0.1, 0.15) is 5.82 Å². The number of aliphatic hydroxyl groups excluding tert-OH is 1. The average Bonchev–Trinajstić information content (AvgIpc) is 2.83. The third-order valence-electron chi connectivity index (χ3n) is 3.18. The highest BCUT2D eigenvalue weighted by molar-refractivity contribution is 5.47. The predicted octanol–water partition coefficient (Wildman–Crippen LogP) is 2.52. The highest BCUT2D eigenvalue weighted by Crippen LogP contribution is 2.19. The minimum Gasteiger partial charge on any atom is -0.396 e. The summed E-state index contributed by atoms with van der Waals surface area (Å²) >= 11 is 0. The minimum absolute atomic E-state index is 0.160. The zero-order valence-corrected chi connectivity index (χ0v) is 11.5. The molecule has 2 N–H and O–H groups in total. The van der Waals surface area contributed by atoms with Crippen LogP contribution in [0.5, 0.6) is 0 Å². The van der Waals surface area contributed by atoms with Crippen molar-refractivity contribution in [2.75, 3.05) is 11.9 Å². The molecular formula is C15H21N3O. The van der Waals surface area contributed by atoms with Crippen LogP contribution in [0.2, 0.25) is 0 Å². The Balaban J connectivity index is 2.04. The molecule has 0 aliphatic rings. The summed E-state index contributed by atoms with van der Waals surface area (Å²) in [7, 11) is 2.00. The molecule has 0 aliphatic heterocycles. The van der Waals surface area contributed by atoms with E-state index in [4.69, 9.17) is 5.11 Å². The van der Waals surface area contributed by atoms with Crippen molar-refractivity contribution in [3.63, 3.8) is 0 Å². The Bertz CT molecular complexity index is 522. The van der Waals surface area contributed by atoms with E-state index in [1.54, 1.807) is 0 Å². The van der Waals surface area contributed by atoms with E-state index in [2.05, 4.69) is 35.4 Å². The zero-order valence-electron chi connectivity index (χ0n) is 11.5. The Hall–Kier alpha value is -1.81. The van der Waals surface area contributed by atoms with E-state index in [1.165, 1.54) is 5.56 Å².